The van der Waals surface area contributed by atoms with Crippen LogP contribution in [-0.4, -0.2) is 12.1 Å². The van der Waals surface area contributed by atoms with Gasteiger partial charge in [0.25, 0.3) is 0 Å². The zero-order valence-electron chi connectivity index (χ0n) is 17.0. The highest BCUT2D eigenvalue weighted by atomic mass is 16.5. The number of carbonyl (C=O) groups is 1. The molecule has 0 aliphatic rings. The Kier molecular flexibility index (Phi) is 7.18. The van der Waals surface area contributed by atoms with Gasteiger partial charge in [0.2, 0.25) is 0 Å². The lowest BCUT2D eigenvalue weighted by atomic mass is 9.61. The molecule has 2 unspecified atom stereocenters. The molecule has 2 atom stereocenters. The Morgan fingerprint density at radius 1 is 0.909 bits per heavy atom. The van der Waals surface area contributed by atoms with E-state index in [0.29, 0.717) is 11.8 Å². The van der Waals surface area contributed by atoms with Crippen molar-refractivity contribution in [3.63, 3.8) is 0 Å². The first kappa shape index (κ1) is 21.5. The van der Waals surface area contributed by atoms with Gasteiger partial charge in [0.1, 0.15) is 6.10 Å². The van der Waals surface area contributed by atoms with E-state index in [4.69, 9.17) is 4.74 Å². The molecule has 0 spiro atoms. The van der Waals surface area contributed by atoms with E-state index in [-0.39, 0.29) is 22.9 Å². The molecule has 0 N–H and O–H groups in total. The molecule has 2 heteroatoms. The lowest BCUT2D eigenvalue weighted by Crippen LogP contribution is -2.46. The summed E-state index contributed by atoms with van der Waals surface area (Å²) in [5.74, 6) is 0.850. The first-order chi connectivity index (χ1) is 9.60. The summed E-state index contributed by atoms with van der Waals surface area (Å²) >= 11 is 0. The molecular weight excluding hydrogens is 272 g/mol. The molecule has 0 aliphatic carbocycles. The van der Waals surface area contributed by atoms with Gasteiger partial charge in [0.05, 0.1) is 5.41 Å². The van der Waals surface area contributed by atoms with Crippen molar-refractivity contribution in [2.24, 2.45) is 28.1 Å². The molecular formula is C20H40O2. The maximum Gasteiger partial charge on any atom is 0.312 e. The summed E-state index contributed by atoms with van der Waals surface area (Å²) in [6.45, 7) is 23.7. The van der Waals surface area contributed by atoms with E-state index in [9.17, 15) is 4.79 Å². The van der Waals surface area contributed by atoms with Crippen LogP contribution in [0.2, 0.25) is 0 Å². The molecule has 0 fully saturated rings. The van der Waals surface area contributed by atoms with Crippen molar-refractivity contribution >= 4 is 5.97 Å². The van der Waals surface area contributed by atoms with E-state index in [1.807, 2.05) is 0 Å². The SMILES string of the molecule is CC(C)CC(OC(=O)C(C)(CC(C)(C)C)C(C)(C)C)C(C)C. The summed E-state index contributed by atoms with van der Waals surface area (Å²) in [5, 5.41) is 0. The van der Waals surface area contributed by atoms with E-state index in [0.717, 1.165) is 12.8 Å². The van der Waals surface area contributed by atoms with Crippen LogP contribution in [0.3, 0.4) is 0 Å². The van der Waals surface area contributed by atoms with E-state index < -0.39 is 5.41 Å². The molecule has 0 bridgehead atoms. The zero-order chi connectivity index (χ0) is 17.9. The number of hydrogen-bond acceptors (Lipinski definition) is 2. The fraction of sp³-hybridized carbons (Fsp3) is 0.950. The minimum Gasteiger partial charge on any atom is -0.462 e. The van der Waals surface area contributed by atoms with Crippen molar-refractivity contribution in [2.75, 3.05) is 0 Å². The van der Waals surface area contributed by atoms with Gasteiger partial charge in [0, 0.05) is 0 Å². The Morgan fingerprint density at radius 3 is 1.64 bits per heavy atom. The van der Waals surface area contributed by atoms with Crippen molar-refractivity contribution in [3.05, 3.63) is 0 Å². The Morgan fingerprint density at radius 2 is 1.36 bits per heavy atom. The lowest BCUT2D eigenvalue weighted by Gasteiger charge is -2.44. The van der Waals surface area contributed by atoms with Crippen LogP contribution in [0.25, 0.3) is 0 Å². The molecule has 22 heavy (non-hydrogen) atoms. The lowest BCUT2D eigenvalue weighted by molar-refractivity contribution is -0.173. The van der Waals surface area contributed by atoms with Gasteiger partial charge in [-0.2, -0.15) is 0 Å². The van der Waals surface area contributed by atoms with Crippen LogP contribution >= 0.6 is 0 Å². The van der Waals surface area contributed by atoms with E-state index >= 15 is 0 Å². The highest BCUT2D eigenvalue weighted by Crippen LogP contribution is 2.47. The summed E-state index contributed by atoms with van der Waals surface area (Å²) in [6, 6.07) is 0. The van der Waals surface area contributed by atoms with E-state index in [1.54, 1.807) is 0 Å². The highest BCUT2D eigenvalue weighted by Gasteiger charge is 2.48. The Balaban J connectivity index is 5.37. The van der Waals surface area contributed by atoms with Crippen LogP contribution in [0.4, 0.5) is 0 Å². The van der Waals surface area contributed by atoms with Crippen molar-refractivity contribution in [1.29, 1.82) is 0 Å². The highest BCUT2D eigenvalue weighted by molar-refractivity contribution is 5.77. The third-order valence-corrected chi connectivity index (χ3v) is 4.70. The van der Waals surface area contributed by atoms with Crippen LogP contribution in [0.15, 0.2) is 0 Å². The molecule has 0 aliphatic heterocycles. The summed E-state index contributed by atoms with van der Waals surface area (Å²) in [6.07, 6.45) is 1.77. The molecule has 0 rings (SSSR count). The van der Waals surface area contributed by atoms with Gasteiger partial charge in [-0.3, -0.25) is 4.79 Å². The second-order valence-corrected chi connectivity index (χ2v) is 10.1. The van der Waals surface area contributed by atoms with Gasteiger partial charge in [-0.05, 0) is 42.4 Å². The maximum absolute atomic E-state index is 13.1. The van der Waals surface area contributed by atoms with Gasteiger partial charge in [-0.15, -0.1) is 0 Å². The Bertz CT molecular complexity index is 355. The molecule has 0 aromatic heterocycles. The van der Waals surface area contributed by atoms with Gasteiger partial charge < -0.3 is 4.74 Å². The number of carbonyl (C=O) groups excluding carboxylic acids is 1. The average Bonchev–Trinajstić information content (AvgIpc) is 2.22. The summed E-state index contributed by atoms with van der Waals surface area (Å²) in [4.78, 5) is 13.1. The fourth-order valence-electron chi connectivity index (χ4n) is 2.89. The van der Waals surface area contributed by atoms with Crippen LogP contribution in [0.1, 0.15) is 89.0 Å². The molecule has 0 radical (unpaired) electrons. The predicted molar refractivity (Wildman–Crippen MR) is 95.8 cm³/mol. The van der Waals surface area contributed by atoms with Gasteiger partial charge in [0.15, 0.2) is 0 Å². The zero-order valence-corrected chi connectivity index (χ0v) is 17.0. The Labute approximate surface area is 139 Å². The molecule has 0 saturated carbocycles. The molecule has 0 aromatic rings. The largest absolute Gasteiger partial charge is 0.462 e. The third kappa shape index (κ3) is 6.30. The third-order valence-electron chi connectivity index (χ3n) is 4.70. The number of ether oxygens (including phenoxy) is 1. The van der Waals surface area contributed by atoms with Gasteiger partial charge >= 0.3 is 5.97 Å². The first-order valence-electron chi connectivity index (χ1n) is 8.81. The van der Waals surface area contributed by atoms with Crippen LogP contribution < -0.4 is 0 Å². The normalized spacial score (nSPS) is 17.5. The molecule has 0 aromatic carbocycles. The monoisotopic (exact) mass is 312 g/mol. The van der Waals surface area contributed by atoms with E-state index in [1.165, 1.54) is 0 Å². The average molecular weight is 313 g/mol. The molecule has 0 amide bonds. The summed E-state index contributed by atoms with van der Waals surface area (Å²) < 4.78 is 6.02. The van der Waals surface area contributed by atoms with Crippen LogP contribution in [0, 0.1) is 28.1 Å². The Hall–Kier alpha value is -0.530. The van der Waals surface area contributed by atoms with Crippen molar-refractivity contribution in [3.8, 4) is 0 Å². The summed E-state index contributed by atoms with van der Waals surface area (Å²) in [7, 11) is 0. The van der Waals surface area contributed by atoms with Crippen LogP contribution in [-0.2, 0) is 9.53 Å². The van der Waals surface area contributed by atoms with Gasteiger partial charge in [-0.1, -0.05) is 69.2 Å². The number of rotatable bonds is 6. The quantitative estimate of drug-likeness (QED) is 0.555. The van der Waals surface area contributed by atoms with Crippen molar-refractivity contribution in [1.82, 2.24) is 0 Å². The summed E-state index contributed by atoms with van der Waals surface area (Å²) in [5.41, 5.74) is -0.515. The maximum atomic E-state index is 13.1. The number of hydrogen-bond donors (Lipinski definition) is 0. The predicted octanol–water partition coefficient (Wildman–Crippen LogP) is 6.09. The molecule has 132 valence electrons. The van der Waals surface area contributed by atoms with E-state index in [2.05, 4.69) is 76.2 Å². The smallest absolute Gasteiger partial charge is 0.312 e. The molecule has 0 saturated heterocycles. The fourth-order valence-corrected chi connectivity index (χ4v) is 2.89. The van der Waals surface area contributed by atoms with Crippen molar-refractivity contribution < 1.29 is 9.53 Å². The van der Waals surface area contributed by atoms with Crippen LogP contribution in [0.5, 0.6) is 0 Å². The minimum absolute atomic E-state index is 0.00847. The van der Waals surface area contributed by atoms with Gasteiger partial charge in [-0.25, -0.2) is 0 Å². The standard InChI is InChI=1S/C20H40O2/c1-14(2)12-16(15(3)4)22-17(21)20(11,19(8,9)10)13-18(5,6)7/h14-16H,12-13H2,1-11H3. The molecule has 2 nitrogen and oxygen atoms in total. The van der Waals surface area contributed by atoms with Crippen molar-refractivity contribution in [2.45, 2.75) is 95.1 Å². The minimum atomic E-state index is -0.477. The topological polar surface area (TPSA) is 26.3 Å². The second kappa shape index (κ2) is 7.36. The molecule has 0 heterocycles. The second-order valence-electron chi connectivity index (χ2n) is 10.1. The first-order valence-corrected chi connectivity index (χ1v) is 8.81. The number of esters is 1.